The van der Waals surface area contributed by atoms with Crippen LogP contribution in [-0.4, -0.2) is 38.6 Å². The van der Waals surface area contributed by atoms with E-state index < -0.39 is 5.25 Å². The van der Waals surface area contributed by atoms with Crippen molar-refractivity contribution < 1.29 is 9.59 Å². The Hall–Kier alpha value is -2.32. The van der Waals surface area contributed by atoms with Gasteiger partial charge in [0.25, 0.3) is 5.91 Å². The number of anilines is 2. The number of carbonyl (C=O) groups excluding carboxylic acids is 2. The van der Waals surface area contributed by atoms with E-state index in [-0.39, 0.29) is 18.4 Å². The van der Waals surface area contributed by atoms with E-state index in [4.69, 9.17) is 11.6 Å². The van der Waals surface area contributed by atoms with Gasteiger partial charge < -0.3 is 5.32 Å². The first-order valence-corrected chi connectivity index (χ1v) is 9.65. The van der Waals surface area contributed by atoms with Gasteiger partial charge in [-0.1, -0.05) is 35.5 Å². The van der Waals surface area contributed by atoms with E-state index in [0.29, 0.717) is 21.6 Å². The van der Waals surface area contributed by atoms with E-state index in [1.807, 2.05) is 20.9 Å². The summed E-state index contributed by atoms with van der Waals surface area (Å²) < 4.78 is 1.72. The average molecular weight is 406 g/mol. The number of carbonyl (C=O) groups is 2. The van der Waals surface area contributed by atoms with Gasteiger partial charge in [0.2, 0.25) is 5.91 Å². The number of halogens is 1. The number of hydrogen-bond acceptors (Lipinski definition) is 5. The zero-order chi connectivity index (χ0) is 19.7. The molecular weight excluding hydrogens is 386 g/mol. The van der Waals surface area contributed by atoms with Crippen molar-refractivity contribution in [2.45, 2.75) is 26.0 Å². The molecule has 2 amide bonds. The number of nitrogens with one attached hydrogen (secondary N) is 1. The lowest BCUT2D eigenvalue weighted by Gasteiger charge is -2.21. The van der Waals surface area contributed by atoms with Crippen molar-refractivity contribution in [3.8, 4) is 0 Å². The highest BCUT2D eigenvalue weighted by Gasteiger charge is 2.31. The summed E-state index contributed by atoms with van der Waals surface area (Å²) in [6.45, 7) is 5.56. The number of benzene rings is 1. The first-order valence-electron chi connectivity index (χ1n) is 8.39. The predicted molar refractivity (Wildman–Crippen MR) is 110 cm³/mol. The fourth-order valence-corrected chi connectivity index (χ4v) is 3.88. The third-order valence-corrected chi connectivity index (χ3v) is 5.70. The maximum Gasteiger partial charge on any atom is 0.254 e. The zero-order valence-electron chi connectivity index (χ0n) is 15.5. The van der Waals surface area contributed by atoms with E-state index in [2.05, 4.69) is 15.4 Å². The highest BCUT2D eigenvalue weighted by atomic mass is 35.5. The zero-order valence-corrected chi connectivity index (χ0v) is 17.1. The van der Waals surface area contributed by atoms with Crippen molar-refractivity contribution in [1.82, 2.24) is 9.78 Å². The van der Waals surface area contributed by atoms with Crippen LogP contribution in [0.25, 0.3) is 0 Å². The van der Waals surface area contributed by atoms with Crippen molar-refractivity contribution >= 4 is 51.7 Å². The number of nitrogens with zero attached hydrogens (tertiary/aromatic N) is 4. The monoisotopic (exact) mass is 405 g/mol. The minimum Gasteiger partial charge on any atom is -0.322 e. The summed E-state index contributed by atoms with van der Waals surface area (Å²) in [4.78, 5) is 30.7. The Morgan fingerprint density at radius 1 is 1.33 bits per heavy atom. The quantitative estimate of drug-likeness (QED) is 0.847. The summed E-state index contributed by atoms with van der Waals surface area (Å²) in [6, 6.07) is 7.08. The number of rotatable bonds is 4. The van der Waals surface area contributed by atoms with Crippen LogP contribution in [0.1, 0.15) is 18.3 Å². The summed E-state index contributed by atoms with van der Waals surface area (Å²) in [5.41, 5.74) is 2.91. The van der Waals surface area contributed by atoms with Crippen LogP contribution < -0.4 is 10.2 Å². The van der Waals surface area contributed by atoms with Crippen LogP contribution in [0.5, 0.6) is 0 Å². The Balaban J connectivity index is 1.74. The topological polar surface area (TPSA) is 79.6 Å². The third-order valence-electron chi connectivity index (χ3n) is 4.29. The third kappa shape index (κ3) is 3.86. The van der Waals surface area contributed by atoms with Crippen LogP contribution in [0, 0.1) is 13.8 Å². The van der Waals surface area contributed by atoms with Gasteiger partial charge in [0, 0.05) is 7.05 Å². The van der Waals surface area contributed by atoms with Gasteiger partial charge in [-0.05, 0) is 32.9 Å². The Morgan fingerprint density at radius 2 is 2.04 bits per heavy atom. The van der Waals surface area contributed by atoms with Crippen LogP contribution in [0.2, 0.25) is 5.02 Å². The molecule has 0 radical (unpaired) electrons. The predicted octanol–water partition coefficient (Wildman–Crippen LogP) is 3.15. The molecule has 0 fully saturated rings. The van der Waals surface area contributed by atoms with Crippen molar-refractivity contribution in [2.24, 2.45) is 12.0 Å². The normalized spacial score (nSPS) is 15.1. The molecule has 9 heteroatoms. The summed E-state index contributed by atoms with van der Waals surface area (Å²) >= 11 is 7.46. The SMILES string of the molecule is Cc1nn(C)c(C)c1NC(=O)[C@H](C)SC1=NCC(=O)N1c1ccccc1Cl. The molecule has 27 heavy (non-hydrogen) atoms. The molecule has 0 unspecified atom stereocenters. The fraction of sp³-hybridized carbons (Fsp3) is 0.333. The molecule has 1 atom stereocenters. The van der Waals surface area contributed by atoms with Crippen molar-refractivity contribution in [3.63, 3.8) is 0 Å². The molecule has 0 saturated carbocycles. The maximum atomic E-state index is 12.7. The molecule has 0 spiro atoms. The van der Waals surface area contributed by atoms with Gasteiger partial charge in [-0.25, -0.2) is 0 Å². The van der Waals surface area contributed by atoms with E-state index in [0.717, 1.165) is 11.4 Å². The summed E-state index contributed by atoms with van der Waals surface area (Å²) in [7, 11) is 1.83. The number of para-hydroxylation sites is 1. The lowest BCUT2D eigenvalue weighted by molar-refractivity contribution is -0.116. The molecule has 1 aromatic carbocycles. The van der Waals surface area contributed by atoms with Crippen molar-refractivity contribution in [1.29, 1.82) is 0 Å². The lowest BCUT2D eigenvalue weighted by atomic mass is 10.3. The van der Waals surface area contributed by atoms with Crippen molar-refractivity contribution in [2.75, 3.05) is 16.8 Å². The van der Waals surface area contributed by atoms with E-state index in [1.165, 1.54) is 16.7 Å². The van der Waals surface area contributed by atoms with Crippen LogP contribution >= 0.6 is 23.4 Å². The minimum absolute atomic E-state index is 0.0444. The molecule has 0 bridgehead atoms. The molecule has 1 aliphatic heterocycles. The van der Waals surface area contributed by atoms with Gasteiger partial charge in [-0.3, -0.25) is 24.2 Å². The second-order valence-electron chi connectivity index (χ2n) is 6.20. The Labute approximate surface area is 166 Å². The number of aromatic nitrogens is 2. The number of aryl methyl sites for hydroxylation is 2. The average Bonchev–Trinajstić information content (AvgIpc) is 3.09. The fourth-order valence-electron chi connectivity index (χ4n) is 2.73. The minimum atomic E-state index is -0.460. The molecule has 1 aromatic heterocycles. The van der Waals surface area contributed by atoms with Gasteiger partial charge in [-0.15, -0.1) is 0 Å². The molecule has 142 valence electrons. The molecule has 7 nitrogen and oxygen atoms in total. The number of thioether (sulfide) groups is 1. The van der Waals surface area contributed by atoms with E-state index >= 15 is 0 Å². The Kier molecular flexibility index (Phi) is 5.57. The molecule has 2 heterocycles. The molecule has 1 aliphatic rings. The number of amides is 2. The smallest absolute Gasteiger partial charge is 0.254 e. The highest BCUT2D eigenvalue weighted by molar-refractivity contribution is 8.15. The van der Waals surface area contributed by atoms with Crippen LogP contribution in [-0.2, 0) is 16.6 Å². The Bertz CT molecular complexity index is 940. The standard InChI is InChI=1S/C18H20ClN5O2S/c1-10-16(11(2)23(4)22-10)21-17(26)12(3)27-18-20-9-15(25)24(18)14-8-6-5-7-13(14)19/h5-8,12H,9H2,1-4H3,(H,21,26)/t12-/m0/s1. The van der Waals surface area contributed by atoms with Gasteiger partial charge in [-0.2, -0.15) is 5.10 Å². The summed E-state index contributed by atoms with van der Waals surface area (Å²) in [6.07, 6.45) is 0. The molecule has 3 rings (SSSR count). The second-order valence-corrected chi connectivity index (χ2v) is 7.91. The van der Waals surface area contributed by atoms with Crippen molar-refractivity contribution in [3.05, 3.63) is 40.7 Å². The molecule has 0 aliphatic carbocycles. The van der Waals surface area contributed by atoms with Crippen LogP contribution in [0.3, 0.4) is 0 Å². The molecular formula is C18H20ClN5O2S. The Morgan fingerprint density at radius 3 is 2.67 bits per heavy atom. The van der Waals surface area contributed by atoms with Gasteiger partial charge >= 0.3 is 0 Å². The number of hydrogen-bond donors (Lipinski definition) is 1. The highest BCUT2D eigenvalue weighted by Crippen LogP contribution is 2.32. The lowest BCUT2D eigenvalue weighted by Crippen LogP contribution is -2.33. The second kappa shape index (κ2) is 7.74. The summed E-state index contributed by atoms with van der Waals surface area (Å²) in [5, 5.41) is 7.69. The molecule has 0 saturated heterocycles. The first kappa shape index (κ1) is 19.4. The largest absolute Gasteiger partial charge is 0.322 e. The van der Waals surface area contributed by atoms with Gasteiger partial charge in [0.15, 0.2) is 5.17 Å². The van der Waals surface area contributed by atoms with Crippen LogP contribution in [0.15, 0.2) is 29.3 Å². The maximum absolute atomic E-state index is 12.7. The number of amidine groups is 1. The first-order chi connectivity index (χ1) is 12.8. The van der Waals surface area contributed by atoms with E-state index in [9.17, 15) is 9.59 Å². The summed E-state index contributed by atoms with van der Waals surface area (Å²) in [5.74, 6) is -0.350. The van der Waals surface area contributed by atoms with E-state index in [1.54, 1.807) is 35.9 Å². The van der Waals surface area contributed by atoms with Gasteiger partial charge in [0.1, 0.15) is 6.54 Å². The molecule has 1 N–H and O–H groups in total. The number of aliphatic imine (C=N–C) groups is 1. The van der Waals surface area contributed by atoms with Gasteiger partial charge in [0.05, 0.1) is 33.0 Å². The molecule has 2 aromatic rings. The van der Waals surface area contributed by atoms with Crippen LogP contribution in [0.4, 0.5) is 11.4 Å².